The second kappa shape index (κ2) is 11.5. The summed E-state index contributed by atoms with van der Waals surface area (Å²) in [5, 5.41) is 20.2. The van der Waals surface area contributed by atoms with Crippen molar-refractivity contribution in [3.05, 3.63) is 87.0 Å². The molecular weight excluding hydrogens is 537 g/mol. The molecule has 2 N–H and O–H groups in total. The fourth-order valence-electron chi connectivity index (χ4n) is 4.25. The van der Waals surface area contributed by atoms with Gasteiger partial charge in [0.15, 0.2) is 4.34 Å². The number of anilines is 1. The van der Waals surface area contributed by atoms with E-state index in [0.717, 1.165) is 36.2 Å². The Kier molecular flexibility index (Phi) is 7.84. The second-order valence-corrected chi connectivity index (χ2v) is 11.2. The van der Waals surface area contributed by atoms with Crippen LogP contribution in [0.4, 0.5) is 9.52 Å². The SMILES string of the molecule is CCCCCn1c(=N)c(C(=O)Nc2nnc(SCc3ccccc3F)s2)cc2c(=O)n3cccc(C)c3nc21. The van der Waals surface area contributed by atoms with Crippen LogP contribution in [-0.2, 0) is 12.3 Å². The van der Waals surface area contributed by atoms with Crippen molar-refractivity contribution in [2.24, 2.45) is 0 Å². The van der Waals surface area contributed by atoms with E-state index in [-0.39, 0.29) is 32.9 Å². The van der Waals surface area contributed by atoms with Crippen LogP contribution in [0.15, 0.2) is 57.8 Å². The first-order valence-corrected chi connectivity index (χ1v) is 14.3. The minimum absolute atomic E-state index is 0.0281. The molecule has 5 rings (SSSR count). The largest absolute Gasteiger partial charge is 0.310 e. The average Bonchev–Trinajstić information content (AvgIpc) is 3.37. The zero-order valence-corrected chi connectivity index (χ0v) is 23.0. The van der Waals surface area contributed by atoms with E-state index >= 15 is 0 Å². The molecule has 0 unspecified atom stereocenters. The van der Waals surface area contributed by atoms with Gasteiger partial charge >= 0.3 is 0 Å². The number of nitrogens with zero attached hydrogens (tertiary/aromatic N) is 5. The summed E-state index contributed by atoms with van der Waals surface area (Å²) in [6.45, 7) is 4.42. The van der Waals surface area contributed by atoms with Gasteiger partial charge in [0, 0.05) is 18.5 Å². The number of thioether (sulfide) groups is 1. The number of fused-ring (bicyclic) bond motifs is 2. The summed E-state index contributed by atoms with van der Waals surface area (Å²) in [4.78, 5) is 31.5. The Morgan fingerprint density at radius 2 is 1.97 bits per heavy atom. The van der Waals surface area contributed by atoms with Crippen LogP contribution < -0.4 is 16.4 Å². The first-order chi connectivity index (χ1) is 18.9. The number of amides is 1. The van der Waals surface area contributed by atoms with Gasteiger partial charge in [-0.25, -0.2) is 9.37 Å². The molecule has 9 nitrogen and oxygen atoms in total. The average molecular weight is 564 g/mol. The Morgan fingerprint density at radius 1 is 1.15 bits per heavy atom. The van der Waals surface area contributed by atoms with Crippen LogP contribution in [0.2, 0.25) is 0 Å². The van der Waals surface area contributed by atoms with Gasteiger partial charge in [-0.05, 0) is 42.7 Å². The van der Waals surface area contributed by atoms with Gasteiger partial charge in [-0.2, -0.15) is 0 Å². The summed E-state index contributed by atoms with van der Waals surface area (Å²) in [6, 6.07) is 11.6. The highest BCUT2D eigenvalue weighted by Gasteiger charge is 2.19. The molecule has 0 aliphatic carbocycles. The van der Waals surface area contributed by atoms with Gasteiger partial charge in [0.25, 0.3) is 11.5 Å². The van der Waals surface area contributed by atoms with Gasteiger partial charge in [0.1, 0.15) is 22.6 Å². The van der Waals surface area contributed by atoms with Crippen molar-refractivity contribution in [3.63, 3.8) is 0 Å². The third-order valence-electron chi connectivity index (χ3n) is 6.30. The number of hydrogen-bond acceptors (Lipinski definition) is 8. The van der Waals surface area contributed by atoms with E-state index in [2.05, 4.69) is 22.4 Å². The molecule has 0 radical (unpaired) electrons. The van der Waals surface area contributed by atoms with E-state index in [9.17, 15) is 14.0 Å². The molecule has 0 bridgehead atoms. The number of carbonyl (C=O) groups excluding carboxylic acids is 1. The number of aryl methyl sites for hydroxylation is 2. The monoisotopic (exact) mass is 563 g/mol. The molecule has 12 heteroatoms. The van der Waals surface area contributed by atoms with Gasteiger partial charge in [-0.3, -0.25) is 24.7 Å². The van der Waals surface area contributed by atoms with Crippen LogP contribution in [0.25, 0.3) is 16.7 Å². The summed E-state index contributed by atoms with van der Waals surface area (Å²) >= 11 is 2.47. The maximum absolute atomic E-state index is 13.9. The first kappa shape index (κ1) is 26.7. The fourth-order valence-corrected chi connectivity index (χ4v) is 5.98. The molecule has 39 heavy (non-hydrogen) atoms. The molecule has 200 valence electrons. The molecule has 1 aromatic carbocycles. The predicted octanol–water partition coefficient (Wildman–Crippen LogP) is 5.16. The Hall–Kier alpha value is -3.90. The lowest BCUT2D eigenvalue weighted by molar-refractivity contribution is 0.102. The topological polar surface area (TPSA) is 118 Å². The molecular formula is C27H26FN7O2S2. The Labute approximate surface area is 231 Å². The number of unbranched alkanes of at least 4 members (excludes halogenated alkanes) is 2. The smallest absolute Gasteiger partial charge is 0.267 e. The van der Waals surface area contributed by atoms with Gasteiger partial charge in [-0.1, -0.05) is 67.1 Å². The number of carbonyl (C=O) groups is 1. The third kappa shape index (κ3) is 5.48. The van der Waals surface area contributed by atoms with Gasteiger partial charge < -0.3 is 4.57 Å². The minimum Gasteiger partial charge on any atom is -0.310 e. The minimum atomic E-state index is -0.568. The molecule has 0 saturated carbocycles. The van der Waals surface area contributed by atoms with E-state index in [0.29, 0.717) is 33.5 Å². The van der Waals surface area contributed by atoms with E-state index in [1.807, 2.05) is 13.0 Å². The molecule has 4 heterocycles. The summed E-state index contributed by atoms with van der Waals surface area (Å²) in [7, 11) is 0. The molecule has 0 aliphatic rings. The Morgan fingerprint density at radius 3 is 2.77 bits per heavy atom. The predicted molar refractivity (Wildman–Crippen MR) is 151 cm³/mol. The van der Waals surface area contributed by atoms with Gasteiger partial charge in [-0.15, -0.1) is 10.2 Å². The lowest BCUT2D eigenvalue weighted by Crippen LogP contribution is -2.32. The van der Waals surface area contributed by atoms with Gasteiger partial charge in [0.2, 0.25) is 5.13 Å². The number of halogens is 1. The number of rotatable bonds is 9. The Balaban J connectivity index is 1.48. The van der Waals surface area contributed by atoms with Crippen LogP contribution in [0.1, 0.15) is 47.7 Å². The molecule has 0 aliphatic heterocycles. The molecule has 0 spiro atoms. The van der Waals surface area contributed by atoms with Crippen molar-refractivity contribution in [1.29, 1.82) is 5.41 Å². The van der Waals surface area contributed by atoms with Crippen molar-refractivity contribution in [2.75, 3.05) is 5.32 Å². The number of benzene rings is 1. The van der Waals surface area contributed by atoms with Crippen molar-refractivity contribution >= 4 is 50.8 Å². The summed E-state index contributed by atoms with van der Waals surface area (Å²) < 4.78 is 17.6. The maximum atomic E-state index is 13.9. The third-order valence-corrected chi connectivity index (χ3v) is 8.32. The van der Waals surface area contributed by atoms with Crippen LogP contribution >= 0.6 is 23.1 Å². The van der Waals surface area contributed by atoms with E-state index < -0.39 is 5.91 Å². The second-order valence-electron chi connectivity index (χ2n) is 9.01. The lowest BCUT2D eigenvalue weighted by atomic mass is 10.1. The maximum Gasteiger partial charge on any atom is 0.267 e. The highest BCUT2D eigenvalue weighted by molar-refractivity contribution is 8.00. The van der Waals surface area contributed by atoms with Crippen LogP contribution in [-0.4, -0.2) is 30.1 Å². The van der Waals surface area contributed by atoms with Crippen molar-refractivity contribution in [3.8, 4) is 0 Å². The Bertz CT molecular complexity index is 1810. The molecule has 0 saturated heterocycles. The quantitative estimate of drug-likeness (QED) is 0.111. The summed E-state index contributed by atoms with van der Waals surface area (Å²) in [5.41, 5.74) is 2.00. The van der Waals surface area contributed by atoms with Crippen LogP contribution in [0, 0.1) is 18.2 Å². The zero-order valence-electron chi connectivity index (χ0n) is 21.4. The number of nitrogens with one attached hydrogen (secondary N) is 2. The van der Waals surface area contributed by atoms with Crippen LogP contribution in [0.3, 0.4) is 0 Å². The van der Waals surface area contributed by atoms with Crippen molar-refractivity contribution < 1.29 is 9.18 Å². The highest BCUT2D eigenvalue weighted by Crippen LogP contribution is 2.29. The molecule has 0 atom stereocenters. The van der Waals surface area contributed by atoms with E-state index in [1.165, 1.54) is 28.3 Å². The van der Waals surface area contributed by atoms with Crippen molar-refractivity contribution in [1.82, 2.24) is 24.1 Å². The number of hydrogen-bond donors (Lipinski definition) is 2. The van der Waals surface area contributed by atoms with Crippen molar-refractivity contribution in [2.45, 2.75) is 49.7 Å². The molecule has 1 amide bonds. The first-order valence-electron chi connectivity index (χ1n) is 12.5. The lowest BCUT2D eigenvalue weighted by Gasteiger charge is -2.15. The highest BCUT2D eigenvalue weighted by atomic mass is 32.2. The fraction of sp³-hybridized carbons (Fsp3) is 0.259. The van der Waals surface area contributed by atoms with E-state index in [4.69, 9.17) is 10.4 Å². The summed E-state index contributed by atoms with van der Waals surface area (Å²) in [6.07, 6.45) is 4.35. The van der Waals surface area contributed by atoms with Gasteiger partial charge in [0.05, 0.1) is 10.9 Å². The summed E-state index contributed by atoms with van der Waals surface area (Å²) in [5.74, 6) is -0.483. The van der Waals surface area contributed by atoms with Crippen LogP contribution in [0.5, 0.6) is 0 Å². The molecule has 0 fully saturated rings. The molecule has 5 aromatic rings. The molecule has 4 aromatic heterocycles. The number of pyridine rings is 2. The van der Waals surface area contributed by atoms with E-state index in [1.54, 1.807) is 35.0 Å². The normalized spacial score (nSPS) is 11.4. The number of aromatic nitrogens is 5. The zero-order chi connectivity index (χ0) is 27.5. The standard InChI is InChI=1S/C27H26FN7O2S2/c1-3-4-7-12-34-21(29)18(14-19-23(34)30-22-16(2)9-8-13-35(22)25(19)37)24(36)31-26-32-33-27(39-26)38-15-17-10-5-6-11-20(17)28/h5-6,8-11,13-14,29H,3-4,7,12,15H2,1-2H3,(H,31,32,36).